The molecular weight excluding hydrogens is 246 g/mol. The van der Waals surface area contributed by atoms with Gasteiger partial charge < -0.3 is 9.88 Å². The standard InChI is InChI=1S/C12H17N5O2/c1-3-16-10-9(11(18)15(2)12(16)19)17(7-14-10)8-4-5-13-6-8/h7-8,13H,3-6H2,1-2H3. The van der Waals surface area contributed by atoms with E-state index in [2.05, 4.69) is 10.3 Å². The summed E-state index contributed by atoms with van der Waals surface area (Å²) in [5.74, 6) is 0. The third kappa shape index (κ3) is 1.65. The van der Waals surface area contributed by atoms with Crippen LogP contribution >= 0.6 is 0 Å². The van der Waals surface area contributed by atoms with Crippen LogP contribution in [0, 0.1) is 0 Å². The van der Waals surface area contributed by atoms with Crippen LogP contribution in [0.15, 0.2) is 15.9 Å². The maximum Gasteiger partial charge on any atom is 0.332 e. The Kier molecular flexibility index (Phi) is 2.78. The molecule has 1 saturated heterocycles. The molecule has 0 aliphatic carbocycles. The highest BCUT2D eigenvalue weighted by molar-refractivity contribution is 5.70. The lowest BCUT2D eigenvalue weighted by Crippen LogP contribution is -2.38. The number of nitrogens with one attached hydrogen (secondary N) is 1. The van der Waals surface area contributed by atoms with Crippen molar-refractivity contribution >= 4 is 11.2 Å². The zero-order valence-corrected chi connectivity index (χ0v) is 11.1. The van der Waals surface area contributed by atoms with Gasteiger partial charge in [-0.05, 0) is 19.9 Å². The molecule has 2 aromatic rings. The van der Waals surface area contributed by atoms with E-state index < -0.39 is 0 Å². The highest BCUT2D eigenvalue weighted by Crippen LogP contribution is 2.19. The molecule has 0 radical (unpaired) electrons. The maximum absolute atomic E-state index is 12.3. The van der Waals surface area contributed by atoms with Gasteiger partial charge >= 0.3 is 5.69 Å². The van der Waals surface area contributed by atoms with Gasteiger partial charge in [0.05, 0.1) is 6.33 Å². The Hall–Kier alpha value is -1.89. The van der Waals surface area contributed by atoms with Gasteiger partial charge in [-0.1, -0.05) is 0 Å². The normalized spacial score (nSPS) is 19.4. The van der Waals surface area contributed by atoms with Crippen LogP contribution in [-0.4, -0.2) is 31.8 Å². The molecule has 1 aliphatic rings. The molecule has 7 nitrogen and oxygen atoms in total. The van der Waals surface area contributed by atoms with Gasteiger partial charge in [-0.25, -0.2) is 9.78 Å². The molecule has 0 bridgehead atoms. The summed E-state index contributed by atoms with van der Waals surface area (Å²) in [6, 6.07) is 0.237. The average Bonchev–Trinajstić information content (AvgIpc) is 3.05. The number of nitrogens with zero attached hydrogens (tertiary/aromatic N) is 4. The van der Waals surface area contributed by atoms with Crippen molar-refractivity contribution in [2.75, 3.05) is 13.1 Å². The van der Waals surface area contributed by atoms with Crippen LogP contribution in [-0.2, 0) is 13.6 Å². The Morgan fingerprint density at radius 3 is 2.89 bits per heavy atom. The minimum Gasteiger partial charge on any atom is -0.320 e. The van der Waals surface area contributed by atoms with Crippen LogP contribution < -0.4 is 16.6 Å². The fourth-order valence-corrected chi connectivity index (χ4v) is 2.71. The number of hydrogen-bond acceptors (Lipinski definition) is 4. The van der Waals surface area contributed by atoms with Crippen molar-refractivity contribution in [2.24, 2.45) is 7.05 Å². The molecule has 3 heterocycles. The smallest absolute Gasteiger partial charge is 0.320 e. The Bertz CT molecular complexity index is 733. The first-order chi connectivity index (χ1) is 9.15. The maximum atomic E-state index is 12.3. The summed E-state index contributed by atoms with van der Waals surface area (Å²) in [5, 5.41) is 3.27. The van der Waals surface area contributed by atoms with E-state index >= 15 is 0 Å². The van der Waals surface area contributed by atoms with Crippen molar-refractivity contribution in [1.29, 1.82) is 0 Å². The number of aromatic nitrogens is 4. The molecule has 0 amide bonds. The minimum atomic E-state index is -0.310. The molecule has 102 valence electrons. The first-order valence-electron chi connectivity index (χ1n) is 6.52. The third-order valence-electron chi connectivity index (χ3n) is 3.80. The molecule has 0 aromatic carbocycles. The van der Waals surface area contributed by atoms with Crippen molar-refractivity contribution in [3.05, 3.63) is 27.2 Å². The molecule has 1 unspecified atom stereocenters. The quantitative estimate of drug-likeness (QED) is 0.789. The predicted octanol–water partition coefficient (Wildman–Crippen LogP) is -0.549. The third-order valence-corrected chi connectivity index (χ3v) is 3.80. The molecule has 19 heavy (non-hydrogen) atoms. The monoisotopic (exact) mass is 263 g/mol. The molecule has 1 atom stereocenters. The van der Waals surface area contributed by atoms with Gasteiger partial charge in [0.25, 0.3) is 5.56 Å². The molecule has 2 aromatic heterocycles. The fraction of sp³-hybridized carbons (Fsp3) is 0.583. The van der Waals surface area contributed by atoms with Crippen LogP contribution in [0.5, 0.6) is 0 Å². The van der Waals surface area contributed by atoms with E-state index in [1.54, 1.807) is 6.33 Å². The zero-order valence-electron chi connectivity index (χ0n) is 11.1. The second-order valence-corrected chi connectivity index (χ2v) is 4.86. The van der Waals surface area contributed by atoms with Gasteiger partial charge in [0.1, 0.15) is 0 Å². The van der Waals surface area contributed by atoms with E-state index in [1.807, 2.05) is 11.5 Å². The Labute approximate surface area is 109 Å². The summed E-state index contributed by atoms with van der Waals surface area (Å²) < 4.78 is 4.60. The number of rotatable bonds is 2. The summed E-state index contributed by atoms with van der Waals surface area (Å²) in [6.45, 7) is 4.16. The highest BCUT2D eigenvalue weighted by Gasteiger charge is 2.22. The van der Waals surface area contributed by atoms with Gasteiger partial charge in [-0.15, -0.1) is 0 Å². The summed E-state index contributed by atoms with van der Waals surface area (Å²) in [7, 11) is 1.51. The lowest BCUT2D eigenvalue weighted by molar-refractivity contribution is 0.556. The van der Waals surface area contributed by atoms with Crippen LogP contribution in [0.3, 0.4) is 0 Å². The molecule has 0 saturated carbocycles. The number of aryl methyl sites for hydroxylation is 1. The first-order valence-corrected chi connectivity index (χ1v) is 6.52. The SMILES string of the molecule is CCn1c(=O)n(C)c(=O)c2c1ncn2C1CCNC1. The number of fused-ring (bicyclic) bond motifs is 1. The van der Waals surface area contributed by atoms with Gasteiger partial charge in [0.2, 0.25) is 0 Å². The summed E-state index contributed by atoms with van der Waals surface area (Å²) >= 11 is 0. The largest absolute Gasteiger partial charge is 0.332 e. The van der Waals surface area contributed by atoms with Crippen molar-refractivity contribution in [3.63, 3.8) is 0 Å². The van der Waals surface area contributed by atoms with E-state index in [-0.39, 0.29) is 17.3 Å². The van der Waals surface area contributed by atoms with Crippen LogP contribution in [0.2, 0.25) is 0 Å². The minimum absolute atomic E-state index is 0.237. The van der Waals surface area contributed by atoms with Gasteiger partial charge in [-0.2, -0.15) is 0 Å². The average molecular weight is 263 g/mol. The second kappa shape index (κ2) is 4.34. The molecule has 1 N–H and O–H groups in total. The van der Waals surface area contributed by atoms with Gasteiger partial charge in [0.15, 0.2) is 11.2 Å². The van der Waals surface area contributed by atoms with Crippen LogP contribution in [0.25, 0.3) is 11.2 Å². The van der Waals surface area contributed by atoms with Crippen LogP contribution in [0.1, 0.15) is 19.4 Å². The first kappa shape index (κ1) is 12.2. The molecule has 1 fully saturated rings. The van der Waals surface area contributed by atoms with Crippen molar-refractivity contribution in [1.82, 2.24) is 24.0 Å². The topological polar surface area (TPSA) is 73.8 Å². The van der Waals surface area contributed by atoms with E-state index in [1.165, 1.54) is 11.6 Å². The van der Waals surface area contributed by atoms with Crippen molar-refractivity contribution < 1.29 is 0 Å². The molecule has 1 aliphatic heterocycles. The van der Waals surface area contributed by atoms with Crippen LogP contribution in [0.4, 0.5) is 0 Å². The van der Waals surface area contributed by atoms with E-state index in [9.17, 15) is 9.59 Å². The number of imidazole rings is 1. The number of hydrogen-bond donors (Lipinski definition) is 1. The summed E-state index contributed by atoms with van der Waals surface area (Å²) in [5.41, 5.74) is 0.434. The van der Waals surface area contributed by atoms with Gasteiger partial charge in [0, 0.05) is 26.2 Å². The predicted molar refractivity (Wildman–Crippen MR) is 71.4 cm³/mol. The Morgan fingerprint density at radius 1 is 1.47 bits per heavy atom. The highest BCUT2D eigenvalue weighted by atomic mass is 16.2. The van der Waals surface area contributed by atoms with E-state index in [4.69, 9.17) is 0 Å². The summed E-state index contributed by atoms with van der Waals surface area (Å²) in [6.07, 6.45) is 2.65. The Balaban J connectivity index is 2.36. The van der Waals surface area contributed by atoms with E-state index in [0.717, 1.165) is 24.1 Å². The second-order valence-electron chi connectivity index (χ2n) is 4.86. The molecule has 0 spiro atoms. The Morgan fingerprint density at radius 2 is 2.26 bits per heavy atom. The zero-order chi connectivity index (χ0) is 13.6. The lowest BCUT2D eigenvalue weighted by Gasteiger charge is -2.12. The molecular formula is C12H17N5O2. The summed E-state index contributed by atoms with van der Waals surface area (Å²) in [4.78, 5) is 28.6. The fourth-order valence-electron chi connectivity index (χ4n) is 2.71. The molecule has 7 heteroatoms. The van der Waals surface area contributed by atoms with E-state index in [0.29, 0.717) is 17.7 Å². The van der Waals surface area contributed by atoms with Crippen molar-refractivity contribution in [2.45, 2.75) is 25.9 Å². The lowest BCUT2D eigenvalue weighted by atomic mass is 10.2. The molecule has 3 rings (SSSR count). The van der Waals surface area contributed by atoms with Gasteiger partial charge in [-0.3, -0.25) is 13.9 Å². The van der Waals surface area contributed by atoms with Crippen molar-refractivity contribution in [3.8, 4) is 0 Å².